The molecule has 20 heavy (non-hydrogen) atoms. The Morgan fingerprint density at radius 3 is 2.60 bits per heavy atom. The predicted molar refractivity (Wildman–Crippen MR) is 64.4 cm³/mol. The summed E-state index contributed by atoms with van der Waals surface area (Å²) in [6.45, 7) is 0. The van der Waals surface area contributed by atoms with Crippen LogP contribution < -0.4 is 4.90 Å². The summed E-state index contributed by atoms with van der Waals surface area (Å²) in [5.74, 6) is 0.608. The maximum absolute atomic E-state index is 12.9. The maximum atomic E-state index is 12.9. The van der Waals surface area contributed by atoms with Crippen molar-refractivity contribution in [1.82, 2.24) is 0 Å². The molecule has 1 aromatic carbocycles. The molecular weight excluding hydrogens is 273 g/mol. The number of rotatable bonds is 2. The van der Waals surface area contributed by atoms with Gasteiger partial charge in [-0.3, -0.25) is 10.1 Å². The van der Waals surface area contributed by atoms with E-state index in [1.165, 1.54) is 6.07 Å². The molecule has 0 radical (unpaired) electrons. The highest BCUT2D eigenvalue weighted by molar-refractivity contribution is 5.69. The number of nitro benzene ring substituents is 1. The first-order valence-corrected chi connectivity index (χ1v) is 6.50. The number of piperidine rings is 1. The lowest BCUT2D eigenvalue weighted by Crippen LogP contribution is -2.11. The van der Waals surface area contributed by atoms with Crippen LogP contribution in [0.2, 0.25) is 0 Å². The van der Waals surface area contributed by atoms with Gasteiger partial charge in [-0.25, -0.2) is 0 Å². The third kappa shape index (κ3) is 1.32. The Kier molecular flexibility index (Phi) is 1.96. The molecule has 2 aliphatic carbocycles. The van der Waals surface area contributed by atoms with E-state index in [0.29, 0.717) is 17.6 Å². The van der Waals surface area contributed by atoms with Gasteiger partial charge in [0.05, 0.1) is 16.5 Å². The predicted octanol–water partition coefficient (Wildman–Crippen LogP) is 3.35. The van der Waals surface area contributed by atoms with E-state index in [0.717, 1.165) is 31.4 Å². The van der Waals surface area contributed by atoms with Gasteiger partial charge in [0.25, 0.3) is 5.69 Å². The van der Waals surface area contributed by atoms with Gasteiger partial charge in [-0.15, -0.1) is 0 Å². The first kappa shape index (κ1) is 12.0. The molecule has 4 nitrogen and oxygen atoms in total. The molecule has 1 aliphatic heterocycles. The zero-order valence-electron chi connectivity index (χ0n) is 10.4. The molecule has 4 rings (SSSR count). The van der Waals surface area contributed by atoms with Gasteiger partial charge in [0, 0.05) is 11.8 Å². The van der Waals surface area contributed by atoms with E-state index in [-0.39, 0.29) is 5.54 Å². The van der Waals surface area contributed by atoms with Crippen LogP contribution in [0.15, 0.2) is 18.2 Å². The van der Waals surface area contributed by atoms with E-state index in [2.05, 4.69) is 0 Å². The molecule has 3 unspecified atom stereocenters. The minimum absolute atomic E-state index is 0.0962. The quantitative estimate of drug-likeness (QED) is 0.475. The molecule has 7 heteroatoms. The molecule has 0 bridgehead atoms. The van der Waals surface area contributed by atoms with Gasteiger partial charge in [0.15, 0.2) is 0 Å². The lowest BCUT2D eigenvalue weighted by Gasteiger charge is -2.13. The minimum Gasteiger partial charge on any atom is -0.358 e. The van der Waals surface area contributed by atoms with Crippen LogP contribution in [0.5, 0.6) is 0 Å². The van der Waals surface area contributed by atoms with Crippen molar-refractivity contribution in [2.75, 3.05) is 4.90 Å². The van der Waals surface area contributed by atoms with Crippen molar-refractivity contribution in [3.63, 3.8) is 0 Å². The summed E-state index contributed by atoms with van der Waals surface area (Å²) in [5, 5.41) is 10.7. The largest absolute Gasteiger partial charge is 0.423 e. The van der Waals surface area contributed by atoms with Crippen molar-refractivity contribution >= 4 is 11.4 Å². The van der Waals surface area contributed by atoms with Crippen molar-refractivity contribution in [3.05, 3.63) is 33.9 Å². The number of anilines is 1. The molecule has 106 valence electrons. The third-order valence-corrected chi connectivity index (χ3v) is 4.94. The van der Waals surface area contributed by atoms with Gasteiger partial charge in [0.1, 0.15) is 5.56 Å². The van der Waals surface area contributed by atoms with Crippen molar-refractivity contribution in [1.29, 1.82) is 0 Å². The van der Waals surface area contributed by atoms with E-state index in [9.17, 15) is 23.3 Å². The molecule has 1 saturated heterocycles. The first-order chi connectivity index (χ1) is 9.35. The van der Waals surface area contributed by atoms with E-state index in [1.54, 1.807) is 0 Å². The topological polar surface area (TPSA) is 46.1 Å². The van der Waals surface area contributed by atoms with Crippen LogP contribution in [0, 0.1) is 16.0 Å². The Bertz CT molecular complexity index is 631. The zero-order valence-corrected chi connectivity index (χ0v) is 10.4. The number of hydrogen-bond donors (Lipinski definition) is 0. The molecular formula is C13H11F3N2O2. The highest BCUT2D eigenvalue weighted by atomic mass is 19.4. The molecule has 1 heterocycles. The van der Waals surface area contributed by atoms with E-state index in [1.807, 2.05) is 4.90 Å². The Morgan fingerprint density at radius 2 is 2.10 bits per heavy atom. The normalized spacial score (nSPS) is 33.6. The Balaban J connectivity index is 1.75. The van der Waals surface area contributed by atoms with Crippen LogP contribution in [0.1, 0.15) is 24.8 Å². The van der Waals surface area contributed by atoms with Crippen molar-refractivity contribution in [2.45, 2.75) is 37.0 Å². The first-order valence-electron chi connectivity index (χ1n) is 6.50. The van der Waals surface area contributed by atoms with E-state index in [4.69, 9.17) is 0 Å². The number of halogens is 3. The lowest BCUT2D eigenvalue weighted by atomic mass is 10.1. The fraction of sp³-hybridized carbons (Fsp3) is 0.538. The standard InChI is InChI=1S/C13H11F3N2O2/c14-13(15,16)9-5-8(2-3-10(9)18(19)20)17-11-4-1-7-6-12(7,11)17/h2-3,5,7,11H,1,4,6H2. The number of alkyl halides is 3. The fourth-order valence-electron chi connectivity index (χ4n) is 4.02. The second-order valence-electron chi connectivity index (χ2n) is 5.81. The smallest absolute Gasteiger partial charge is 0.358 e. The summed E-state index contributed by atoms with van der Waals surface area (Å²) in [6, 6.07) is 3.69. The molecule has 0 amide bonds. The second-order valence-corrected chi connectivity index (χ2v) is 5.81. The van der Waals surface area contributed by atoms with Crippen LogP contribution in [-0.2, 0) is 6.18 Å². The van der Waals surface area contributed by atoms with E-state index < -0.39 is 22.4 Å². The summed E-state index contributed by atoms with van der Waals surface area (Å²) in [4.78, 5) is 11.8. The van der Waals surface area contributed by atoms with E-state index >= 15 is 0 Å². The summed E-state index contributed by atoms with van der Waals surface area (Å²) >= 11 is 0. The highest BCUT2D eigenvalue weighted by Gasteiger charge is 2.80. The summed E-state index contributed by atoms with van der Waals surface area (Å²) in [7, 11) is 0. The minimum atomic E-state index is -4.70. The number of hydrogen-bond acceptors (Lipinski definition) is 3. The third-order valence-electron chi connectivity index (χ3n) is 4.94. The zero-order chi connectivity index (χ0) is 14.3. The molecule has 3 atom stereocenters. The summed E-state index contributed by atoms with van der Waals surface area (Å²) in [6.07, 6.45) is -1.48. The maximum Gasteiger partial charge on any atom is 0.423 e. The summed E-state index contributed by atoms with van der Waals surface area (Å²) in [5.41, 5.74) is -1.47. The average molecular weight is 284 g/mol. The van der Waals surface area contributed by atoms with Crippen LogP contribution in [0.3, 0.4) is 0 Å². The molecule has 0 N–H and O–H groups in total. The number of nitro groups is 1. The number of nitrogens with zero attached hydrogens (tertiary/aromatic N) is 2. The fourth-order valence-corrected chi connectivity index (χ4v) is 4.02. The SMILES string of the molecule is O=[N+]([O-])c1ccc(N2C3CCC4CC432)cc1C(F)(F)F. The molecule has 1 aromatic rings. The molecule has 2 saturated carbocycles. The monoisotopic (exact) mass is 284 g/mol. The van der Waals surface area contributed by atoms with Crippen LogP contribution in [0.4, 0.5) is 24.5 Å². The van der Waals surface area contributed by atoms with Gasteiger partial charge < -0.3 is 4.90 Å². The van der Waals surface area contributed by atoms with Crippen molar-refractivity contribution < 1.29 is 18.1 Å². The molecule has 3 fully saturated rings. The highest BCUT2D eigenvalue weighted by Crippen LogP contribution is 2.73. The number of benzene rings is 1. The second kappa shape index (κ2) is 3.27. The van der Waals surface area contributed by atoms with Crippen molar-refractivity contribution in [2.24, 2.45) is 5.92 Å². The van der Waals surface area contributed by atoms with Crippen LogP contribution in [0.25, 0.3) is 0 Å². The Morgan fingerprint density at radius 1 is 1.35 bits per heavy atom. The Labute approximate surface area is 112 Å². The van der Waals surface area contributed by atoms with Gasteiger partial charge in [-0.1, -0.05) is 0 Å². The summed E-state index contributed by atoms with van der Waals surface area (Å²) < 4.78 is 38.8. The molecule has 0 aromatic heterocycles. The van der Waals surface area contributed by atoms with Crippen LogP contribution in [-0.4, -0.2) is 16.5 Å². The Hall–Kier alpha value is -1.79. The van der Waals surface area contributed by atoms with Gasteiger partial charge >= 0.3 is 6.18 Å². The lowest BCUT2D eigenvalue weighted by molar-refractivity contribution is -0.388. The van der Waals surface area contributed by atoms with Crippen LogP contribution >= 0.6 is 0 Å². The van der Waals surface area contributed by atoms with Gasteiger partial charge in [-0.05, 0) is 37.3 Å². The molecule has 3 aliphatic rings. The average Bonchev–Trinajstić information content (AvgIpc) is 3.22. The molecule has 1 spiro atoms. The van der Waals surface area contributed by atoms with Gasteiger partial charge in [-0.2, -0.15) is 13.2 Å². The van der Waals surface area contributed by atoms with Gasteiger partial charge in [0.2, 0.25) is 0 Å². The van der Waals surface area contributed by atoms with Crippen molar-refractivity contribution in [3.8, 4) is 0 Å².